The van der Waals surface area contributed by atoms with E-state index >= 15 is 0 Å². The van der Waals surface area contributed by atoms with E-state index < -0.39 is 41.8 Å². The molecule has 0 aromatic carbocycles. The maximum absolute atomic E-state index is 13.0. The molecule has 2 aromatic rings. The first-order valence-corrected chi connectivity index (χ1v) is 9.93. The number of H-pyrrole nitrogens is 1. The molecule has 10 nitrogen and oxygen atoms in total. The van der Waals surface area contributed by atoms with E-state index in [-0.39, 0.29) is 19.3 Å². The summed E-state index contributed by atoms with van der Waals surface area (Å²) in [6.07, 6.45) is 3.67. The molecule has 0 fully saturated rings. The van der Waals surface area contributed by atoms with Crippen molar-refractivity contribution in [1.82, 2.24) is 20.6 Å². The molecule has 31 heavy (non-hydrogen) atoms. The highest BCUT2D eigenvalue weighted by Crippen LogP contribution is 2.17. The number of rotatable bonds is 11. The van der Waals surface area contributed by atoms with E-state index in [0.29, 0.717) is 11.9 Å². The fraction of sp³-hybridized carbons (Fsp3) is 0.429. The van der Waals surface area contributed by atoms with Gasteiger partial charge in [0, 0.05) is 37.5 Å². The number of nitrogens with one attached hydrogen (secondary N) is 4. The Kier molecular flexibility index (Phi) is 8.42. The Morgan fingerprint density at radius 2 is 1.97 bits per heavy atom. The number of ether oxygens (including phenoxy) is 1. The molecule has 10 heteroatoms. The van der Waals surface area contributed by atoms with Gasteiger partial charge >= 0.3 is 5.97 Å². The van der Waals surface area contributed by atoms with E-state index in [2.05, 4.69) is 20.6 Å². The number of carbonyl (C=O) groups is 4. The smallest absolute Gasteiger partial charge is 0.328 e. The number of ketones is 1. The van der Waals surface area contributed by atoms with Crippen LogP contribution < -0.4 is 10.6 Å². The molecule has 0 radical (unpaired) electrons. The summed E-state index contributed by atoms with van der Waals surface area (Å²) in [5.41, 5.74) is 1.43. The Morgan fingerprint density at radius 1 is 1.23 bits per heavy atom. The lowest BCUT2D eigenvalue weighted by atomic mass is 10.0. The van der Waals surface area contributed by atoms with Crippen LogP contribution in [0.15, 0.2) is 24.5 Å². The van der Waals surface area contributed by atoms with Gasteiger partial charge in [-0.25, -0.2) is 9.78 Å². The summed E-state index contributed by atoms with van der Waals surface area (Å²) in [5, 5.41) is 13.0. The Balaban J connectivity index is 2.19. The summed E-state index contributed by atoms with van der Waals surface area (Å²) in [7, 11) is 0. The molecule has 2 heterocycles. The highest BCUT2D eigenvalue weighted by Gasteiger charge is 2.28. The lowest BCUT2D eigenvalue weighted by Crippen LogP contribution is -2.52. The van der Waals surface area contributed by atoms with E-state index in [4.69, 9.17) is 10.1 Å². The molecule has 4 N–H and O–H groups in total. The van der Waals surface area contributed by atoms with Crippen molar-refractivity contribution in [2.24, 2.45) is 0 Å². The number of aromatic amines is 1. The molecule has 0 spiro atoms. The average molecular weight is 429 g/mol. The SMILES string of the molecule is CC(=O)N[C@@H](Cc1c[nH]c2ncccc12)C(=O)N[C@@H](CCC(=O)C=N)C(=O)OC(C)C. The van der Waals surface area contributed by atoms with Crippen LogP contribution in [-0.2, 0) is 30.3 Å². The lowest BCUT2D eigenvalue weighted by Gasteiger charge is -2.23. The van der Waals surface area contributed by atoms with Gasteiger partial charge in [0.1, 0.15) is 17.7 Å². The fourth-order valence-electron chi connectivity index (χ4n) is 3.05. The highest BCUT2D eigenvalue weighted by atomic mass is 16.5. The average Bonchev–Trinajstić information content (AvgIpc) is 3.12. The second-order valence-corrected chi connectivity index (χ2v) is 7.37. The Bertz CT molecular complexity index is 968. The Labute approximate surface area is 179 Å². The van der Waals surface area contributed by atoms with Crippen molar-refractivity contribution >= 4 is 40.8 Å². The van der Waals surface area contributed by atoms with Crippen LogP contribution in [0.5, 0.6) is 0 Å². The molecule has 166 valence electrons. The molecule has 0 aliphatic rings. The predicted molar refractivity (Wildman–Crippen MR) is 114 cm³/mol. The minimum atomic E-state index is -1.08. The number of esters is 1. The molecule has 2 atom stereocenters. The summed E-state index contributed by atoms with van der Waals surface area (Å²) >= 11 is 0. The van der Waals surface area contributed by atoms with Crippen molar-refractivity contribution in [2.75, 3.05) is 0 Å². The third kappa shape index (κ3) is 7.02. The van der Waals surface area contributed by atoms with Crippen LogP contribution in [0.25, 0.3) is 11.0 Å². The summed E-state index contributed by atoms with van der Waals surface area (Å²) in [5.74, 6) is -2.14. The van der Waals surface area contributed by atoms with Crippen LogP contribution in [-0.4, -0.2) is 57.9 Å². The molecule has 2 rings (SSSR count). The van der Waals surface area contributed by atoms with Crippen LogP contribution in [0.2, 0.25) is 0 Å². The van der Waals surface area contributed by atoms with Crippen LogP contribution in [0, 0.1) is 5.41 Å². The largest absolute Gasteiger partial charge is 0.461 e. The van der Waals surface area contributed by atoms with E-state index in [9.17, 15) is 19.2 Å². The van der Waals surface area contributed by atoms with Gasteiger partial charge in [-0.1, -0.05) is 0 Å². The zero-order chi connectivity index (χ0) is 23.0. The van der Waals surface area contributed by atoms with E-state index in [1.807, 2.05) is 6.07 Å². The molecule has 0 unspecified atom stereocenters. The third-order valence-electron chi connectivity index (χ3n) is 4.45. The number of pyridine rings is 1. The summed E-state index contributed by atoms with van der Waals surface area (Å²) in [4.78, 5) is 55.8. The molecule has 0 aliphatic heterocycles. The van der Waals surface area contributed by atoms with Gasteiger partial charge in [-0.05, 0) is 38.0 Å². The van der Waals surface area contributed by atoms with Crippen molar-refractivity contribution in [3.63, 3.8) is 0 Å². The summed E-state index contributed by atoms with van der Waals surface area (Å²) < 4.78 is 5.18. The first-order chi connectivity index (χ1) is 14.7. The number of amides is 2. The highest BCUT2D eigenvalue weighted by molar-refractivity contribution is 6.26. The number of hydrogen-bond acceptors (Lipinski definition) is 7. The maximum Gasteiger partial charge on any atom is 0.328 e. The Hall–Kier alpha value is -3.56. The standard InChI is InChI=1S/C21H27N5O5/c1-12(2)31-21(30)17(7-6-15(28)10-22)26-20(29)18(25-13(3)27)9-14-11-24-19-16(14)5-4-8-23-19/h4-5,8,10-12,17-18,22H,6-7,9H2,1-3H3,(H,23,24)(H,25,27)(H,26,29)/t17-,18-/m0/s1. The number of nitrogens with zero attached hydrogens (tertiary/aromatic N) is 1. The number of hydrogen-bond donors (Lipinski definition) is 4. The topological polar surface area (TPSA) is 154 Å². The summed E-state index contributed by atoms with van der Waals surface area (Å²) in [6.45, 7) is 4.64. The lowest BCUT2D eigenvalue weighted by molar-refractivity contribution is -0.151. The van der Waals surface area contributed by atoms with Crippen molar-refractivity contribution < 1.29 is 23.9 Å². The zero-order valence-electron chi connectivity index (χ0n) is 17.7. The molecule has 0 saturated carbocycles. The third-order valence-corrected chi connectivity index (χ3v) is 4.45. The minimum Gasteiger partial charge on any atom is -0.461 e. The van der Waals surface area contributed by atoms with Crippen LogP contribution in [0.1, 0.15) is 39.2 Å². The number of fused-ring (bicyclic) bond motifs is 1. The van der Waals surface area contributed by atoms with Gasteiger partial charge in [-0.15, -0.1) is 0 Å². The summed E-state index contributed by atoms with van der Waals surface area (Å²) in [6, 6.07) is 1.58. The molecule has 2 aromatic heterocycles. The van der Waals surface area contributed by atoms with Gasteiger partial charge in [0.2, 0.25) is 11.8 Å². The van der Waals surface area contributed by atoms with Crippen molar-refractivity contribution in [3.05, 3.63) is 30.1 Å². The van der Waals surface area contributed by atoms with Gasteiger partial charge in [0.15, 0.2) is 5.78 Å². The molecule has 0 saturated heterocycles. The second-order valence-electron chi connectivity index (χ2n) is 7.37. The Morgan fingerprint density at radius 3 is 2.61 bits per heavy atom. The normalized spacial score (nSPS) is 12.8. The first-order valence-electron chi connectivity index (χ1n) is 9.93. The predicted octanol–water partition coefficient (Wildman–Crippen LogP) is 1.05. The fourth-order valence-corrected chi connectivity index (χ4v) is 3.05. The molecular formula is C21H27N5O5. The molecule has 0 bridgehead atoms. The van der Waals surface area contributed by atoms with Crippen LogP contribution in [0.3, 0.4) is 0 Å². The first kappa shape index (κ1) is 23.7. The van der Waals surface area contributed by atoms with Crippen molar-refractivity contribution in [1.29, 1.82) is 5.41 Å². The number of aromatic nitrogens is 2. The van der Waals surface area contributed by atoms with Gasteiger partial charge in [0.25, 0.3) is 0 Å². The maximum atomic E-state index is 13.0. The number of Topliss-reactive ketones (excluding diaryl/α,β-unsaturated/α-hetero) is 1. The van der Waals surface area contributed by atoms with Gasteiger partial charge in [-0.3, -0.25) is 14.4 Å². The second kappa shape index (κ2) is 11.0. The van der Waals surface area contributed by atoms with Gasteiger partial charge in [0.05, 0.1) is 12.3 Å². The zero-order valence-corrected chi connectivity index (χ0v) is 17.7. The molecule has 2 amide bonds. The number of carbonyl (C=O) groups excluding carboxylic acids is 4. The molecular weight excluding hydrogens is 402 g/mol. The molecule has 0 aliphatic carbocycles. The van der Waals surface area contributed by atoms with E-state index in [1.165, 1.54) is 6.92 Å². The van der Waals surface area contributed by atoms with Crippen LogP contribution in [0.4, 0.5) is 0 Å². The van der Waals surface area contributed by atoms with Crippen LogP contribution >= 0.6 is 0 Å². The van der Waals surface area contributed by atoms with E-state index in [1.54, 1.807) is 32.3 Å². The monoisotopic (exact) mass is 429 g/mol. The minimum absolute atomic E-state index is 0.0185. The van der Waals surface area contributed by atoms with E-state index in [0.717, 1.165) is 10.9 Å². The quantitative estimate of drug-likeness (QED) is 0.309. The van der Waals surface area contributed by atoms with Gasteiger partial charge in [-0.2, -0.15) is 0 Å². The van der Waals surface area contributed by atoms with Gasteiger partial charge < -0.3 is 25.8 Å². The van der Waals surface area contributed by atoms with Crippen molar-refractivity contribution in [3.8, 4) is 0 Å². The van der Waals surface area contributed by atoms with Crippen molar-refractivity contribution in [2.45, 2.75) is 58.2 Å².